The molecule has 3 N–H and O–H groups in total. The van der Waals surface area contributed by atoms with E-state index in [1.54, 1.807) is 0 Å². The summed E-state index contributed by atoms with van der Waals surface area (Å²) in [7, 11) is 0. The first-order valence-corrected chi connectivity index (χ1v) is 18.3. The summed E-state index contributed by atoms with van der Waals surface area (Å²) in [6.45, 7) is 4.25. The molecule has 0 spiro atoms. The summed E-state index contributed by atoms with van der Waals surface area (Å²) in [5, 5.41) is 26.3. The highest BCUT2D eigenvalue weighted by molar-refractivity contribution is 5.69. The summed E-state index contributed by atoms with van der Waals surface area (Å²) >= 11 is 0. The maximum Gasteiger partial charge on any atom is 0.306 e. The Bertz CT molecular complexity index is 504. The van der Waals surface area contributed by atoms with Crippen LogP contribution in [0.4, 0.5) is 0 Å². The molecule has 0 radical (unpaired) electrons. The van der Waals surface area contributed by atoms with Crippen LogP contribution in [0.15, 0.2) is 12.2 Å². The van der Waals surface area contributed by atoms with Gasteiger partial charge in [-0.05, 0) is 38.5 Å². The first-order chi connectivity index (χ1) is 20.7. The number of esters is 1. The molecule has 0 aromatic carbocycles. The van der Waals surface area contributed by atoms with Crippen LogP contribution in [-0.4, -0.2) is 47.2 Å². The quantitative estimate of drug-likeness (QED) is 0.0407. The molecular weight excluding hydrogens is 524 g/mol. The molecule has 0 aliphatic carbocycles. The molecule has 0 fully saturated rings. The van der Waals surface area contributed by atoms with Gasteiger partial charge in [-0.15, -0.1) is 0 Å². The molecule has 42 heavy (non-hydrogen) atoms. The van der Waals surface area contributed by atoms with Crippen molar-refractivity contribution in [1.82, 2.24) is 0 Å². The Kier molecular flexibility index (Phi) is 41.3. The number of unbranched alkanes of at least 4 members (excludes halogenated alkanes) is 24. The van der Waals surface area contributed by atoms with E-state index in [1.807, 2.05) is 0 Å². The highest BCUT2D eigenvalue weighted by atomic mass is 16.6. The molecule has 0 bridgehead atoms. The van der Waals surface area contributed by atoms with Crippen molar-refractivity contribution in [1.29, 1.82) is 0 Å². The second kappa shape index (κ2) is 40.1. The minimum atomic E-state index is -0.768. The van der Waals surface area contributed by atoms with Gasteiger partial charge in [0.1, 0.15) is 6.10 Å². The number of carbonyl (C=O) groups is 1. The minimum Gasteiger partial charge on any atom is -0.457 e. The van der Waals surface area contributed by atoms with Gasteiger partial charge in [0.25, 0.3) is 0 Å². The van der Waals surface area contributed by atoms with Gasteiger partial charge >= 0.3 is 5.97 Å². The Morgan fingerprint density at radius 2 is 0.833 bits per heavy atom. The van der Waals surface area contributed by atoms with Crippen LogP contribution in [0.2, 0.25) is 0 Å². The van der Waals surface area contributed by atoms with Gasteiger partial charge in [-0.2, -0.15) is 0 Å². The van der Waals surface area contributed by atoms with Crippen molar-refractivity contribution in [3.05, 3.63) is 12.2 Å². The normalized spacial score (nSPS) is 11.3. The smallest absolute Gasteiger partial charge is 0.306 e. The van der Waals surface area contributed by atoms with E-state index in [0.717, 1.165) is 32.1 Å². The Morgan fingerprint density at radius 1 is 0.500 bits per heavy atom. The first kappa shape index (κ1) is 43.2. The summed E-state index contributed by atoms with van der Waals surface area (Å²) in [5.41, 5.74) is 0. The van der Waals surface area contributed by atoms with E-state index >= 15 is 0 Å². The molecular formula is C37H74O5. The van der Waals surface area contributed by atoms with Crippen LogP contribution >= 0.6 is 0 Å². The van der Waals surface area contributed by atoms with Crippen LogP contribution in [0.3, 0.4) is 0 Å². The molecule has 252 valence electrons. The molecule has 0 aromatic heterocycles. The van der Waals surface area contributed by atoms with Crippen molar-refractivity contribution in [2.75, 3.05) is 19.8 Å². The average Bonchev–Trinajstić information content (AvgIpc) is 3.00. The predicted molar refractivity (Wildman–Crippen MR) is 181 cm³/mol. The SMILES string of the molecule is CCCCCCCC/C=C\CCCCCCCC(=O)OC(CO)CO.CCCCCCCCCCCCCCCCO. The zero-order valence-corrected chi connectivity index (χ0v) is 28.3. The largest absolute Gasteiger partial charge is 0.457 e. The van der Waals surface area contributed by atoms with E-state index in [1.165, 1.54) is 141 Å². The van der Waals surface area contributed by atoms with E-state index in [2.05, 4.69) is 26.0 Å². The molecule has 5 nitrogen and oxygen atoms in total. The zero-order valence-electron chi connectivity index (χ0n) is 28.3. The van der Waals surface area contributed by atoms with Crippen LogP contribution in [-0.2, 0) is 9.53 Å². The minimum absolute atomic E-state index is 0.325. The van der Waals surface area contributed by atoms with Gasteiger partial charge in [0, 0.05) is 13.0 Å². The van der Waals surface area contributed by atoms with Crippen molar-refractivity contribution in [2.24, 2.45) is 0 Å². The molecule has 0 saturated heterocycles. The van der Waals surface area contributed by atoms with Crippen LogP contribution in [0.5, 0.6) is 0 Å². The molecule has 5 heteroatoms. The zero-order chi connectivity index (χ0) is 31.2. The van der Waals surface area contributed by atoms with Crippen LogP contribution in [0.1, 0.15) is 194 Å². The Labute approximate surface area is 262 Å². The second-order valence-corrected chi connectivity index (χ2v) is 12.1. The summed E-state index contributed by atoms with van der Waals surface area (Å²) in [5.74, 6) is -0.328. The molecule has 0 unspecified atom stereocenters. The third kappa shape index (κ3) is 39.1. The summed E-state index contributed by atoms with van der Waals surface area (Å²) < 4.78 is 4.92. The number of aliphatic hydroxyl groups is 3. The van der Waals surface area contributed by atoms with E-state index in [-0.39, 0.29) is 19.2 Å². The van der Waals surface area contributed by atoms with Gasteiger partial charge in [-0.1, -0.05) is 161 Å². The standard InChI is InChI=1S/C21H40O4.C16H34O/c1-2-3-4-5-6-7-8-9-10-11-12-13-14-15-16-17-21(24)25-20(18-22)19-23;1-2-3-4-5-6-7-8-9-10-11-12-13-14-15-16-17/h9-10,20,22-23H,2-8,11-19H2,1H3;17H,2-16H2,1H3/b10-9-;. The molecule has 0 aromatic rings. The van der Waals surface area contributed by atoms with Gasteiger partial charge in [0.15, 0.2) is 0 Å². The number of rotatable bonds is 32. The first-order valence-electron chi connectivity index (χ1n) is 18.3. The van der Waals surface area contributed by atoms with Gasteiger partial charge < -0.3 is 20.1 Å². The highest BCUT2D eigenvalue weighted by Crippen LogP contribution is 2.13. The third-order valence-corrected chi connectivity index (χ3v) is 7.86. The van der Waals surface area contributed by atoms with Crippen LogP contribution in [0, 0.1) is 0 Å². The van der Waals surface area contributed by atoms with Crippen molar-refractivity contribution in [3.63, 3.8) is 0 Å². The lowest BCUT2D eigenvalue weighted by Crippen LogP contribution is -2.25. The molecule has 0 heterocycles. The number of ether oxygens (including phenoxy) is 1. The molecule has 0 amide bonds. The summed E-state index contributed by atoms with van der Waals surface area (Å²) in [6.07, 6.45) is 39.4. The van der Waals surface area contributed by atoms with E-state index in [4.69, 9.17) is 20.1 Å². The Balaban J connectivity index is 0. The lowest BCUT2D eigenvalue weighted by molar-refractivity contribution is -0.153. The van der Waals surface area contributed by atoms with Gasteiger partial charge in [0.2, 0.25) is 0 Å². The fraction of sp³-hybridized carbons (Fsp3) is 0.919. The van der Waals surface area contributed by atoms with Crippen LogP contribution in [0.25, 0.3) is 0 Å². The predicted octanol–water partition coefficient (Wildman–Crippen LogP) is 10.4. The maximum atomic E-state index is 11.5. The topological polar surface area (TPSA) is 87.0 Å². The van der Waals surface area contributed by atoms with Gasteiger partial charge in [-0.3, -0.25) is 4.79 Å². The van der Waals surface area contributed by atoms with Gasteiger partial charge in [0.05, 0.1) is 13.2 Å². The number of hydrogen-bond acceptors (Lipinski definition) is 5. The molecule has 0 saturated carbocycles. The van der Waals surface area contributed by atoms with Crippen molar-refractivity contribution in [2.45, 2.75) is 200 Å². The number of hydrogen-bond donors (Lipinski definition) is 3. The van der Waals surface area contributed by atoms with E-state index in [9.17, 15) is 4.79 Å². The lowest BCUT2D eigenvalue weighted by atomic mass is 10.0. The molecule has 0 aliphatic heterocycles. The lowest BCUT2D eigenvalue weighted by Gasteiger charge is -2.12. The van der Waals surface area contributed by atoms with Crippen molar-refractivity contribution < 1.29 is 24.9 Å². The van der Waals surface area contributed by atoms with Crippen molar-refractivity contribution >= 4 is 5.97 Å². The van der Waals surface area contributed by atoms with Crippen molar-refractivity contribution in [3.8, 4) is 0 Å². The second-order valence-electron chi connectivity index (χ2n) is 12.1. The fourth-order valence-electron chi connectivity index (χ4n) is 5.02. The molecule has 0 aliphatic rings. The number of allylic oxidation sites excluding steroid dienone is 2. The average molecular weight is 599 g/mol. The number of aliphatic hydroxyl groups excluding tert-OH is 3. The molecule has 0 atom stereocenters. The monoisotopic (exact) mass is 599 g/mol. The van der Waals surface area contributed by atoms with Crippen LogP contribution < -0.4 is 0 Å². The summed E-state index contributed by atoms with van der Waals surface area (Å²) in [4.78, 5) is 11.5. The fourth-order valence-corrected chi connectivity index (χ4v) is 5.02. The summed E-state index contributed by atoms with van der Waals surface area (Å²) in [6, 6.07) is 0. The Hall–Kier alpha value is -0.910. The number of carbonyl (C=O) groups excluding carboxylic acids is 1. The van der Waals surface area contributed by atoms with E-state index in [0.29, 0.717) is 13.0 Å². The van der Waals surface area contributed by atoms with E-state index < -0.39 is 6.10 Å². The highest BCUT2D eigenvalue weighted by Gasteiger charge is 2.11. The maximum absolute atomic E-state index is 11.5. The van der Waals surface area contributed by atoms with Gasteiger partial charge in [-0.25, -0.2) is 0 Å². The Morgan fingerprint density at radius 3 is 1.19 bits per heavy atom. The molecule has 0 rings (SSSR count). The third-order valence-electron chi connectivity index (χ3n) is 7.86.